The van der Waals surface area contributed by atoms with Crippen LogP contribution in [0.3, 0.4) is 0 Å². The average molecular weight is 1150 g/mol. The summed E-state index contributed by atoms with van der Waals surface area (Å²) in [5.41, 5.74) is 20.8. The monoisotopic (exact) mass is 1150 g/mol. The zero-order chi connectivity index (χ0) is 60.1. The van der Waals surface area contributed by atoms with Crippen LogP contribution in [0.15, 0.2) is 291 Å². The summed E-state index contributed by atoms with van der Waals surface area (Å²) in [5, 5.41) is 7.44. The van der Waals surface area contributed by atoms with Crippen molar-refractivity contribution in [3.05, 3.63) is 291 Å². The zero-order valence-corrected chi connectivity index (χ0v) is 50.7. The third-order valence-electron chi connectivity index (χ3n) is 18.4. The first-order valence-corrected chi connectivity index (χ1v) is 31.2. The van der Waals surface area contributed by atoms with Crippen LogP contribution in [0.2, 0.25) is 0 Å². The SMILES string of the molecule is C1CCOC1.CC1(C)OB(c2ccc3c(c2)c2ccccc2n3-c2ccc(-c3ccccc3)cc2)OC1(C)C.c1ccc(-c2ccc(-n3c4ccccc4c4cc(-c5ccc6c(c5)c5cc(-c7ccccc7)ccc5n6-c5ccccc5)ccc43)cc2)cc1. The molecular formula is C82H68BN3O3. The molecule has 2 saturated heterocycles. The lowest BCUT2D eigenvalue weighted by molar-refractivity contribution is 0.00578. The van der Waals surface area contributed by atoms with E-state index in [9.17, 15) is 0 Å². The van der Waals surface area contributed by atoms with Crippen LogP contribution in [0.4, 0.5) is 0 Å². The van der Waals surface area contributed by atoms with Gasteiger partial charge < -0.3 is 27.7 Å². The van der Waals surface area contributed by atoms with Crippen molar-refractivity contribution in [2.75, 3.05) is 13.2 Å². The van der Waals surface area contributed by atoms with E-state index in [2.05, 4.69) is 327 Å². The molecule has 432 valence electrons. The molecular weight excluding hydrogens is 1090 g/mol. The summed E-state index contributed by atoms with van der Waals surface area (Å²) < 4.78 is 24.7. The molecule has 0 aliphatic carbocycles. The molecule has 7 heteroatoms. The van der Waals surface area contributed by atoms with E-state index in [1.54, 1.807) is 0 Å². The van der Waals surface area contributed by atoms with Gasteiger partial charge >= 0.3 is 7.12 Å². The molecule has 12 aromatic carbocycles. The van der Waals surface area contributed by atoms with Crippen LogP contribution in [-0.4, -0.2) is 45.2 Å². The number of hydrogen-bond donors (Lipinski definition) is 0. The molecule has 3 aromatic heterocycles. The number of rotatable bonds is 8. The van der Waals surface area contributed by atoms with Gasteiger partial charge in [-0.25, -0.2) is 0 Å². The van der Waals surface area contributed by atoms with Crippen molar-refractivity contribution in [3.8, 4) is 61.6 Å². The molecule has 6 nitrogen and oxygen atoms in total. The molecule has 0 spiro atoms. The molecule has 2 aliphatic rings. The van der Waals surface area contributed by atoms with Crippen LogP contribution in [-0.2, 0) is 14.0 Å². The van der Waals surface area contributed by atoms with Gasteiger partial charge in [0.25, 0.3) is 0 Å². The average Bonchev–Trinajstić information content (AvgIpc) is 1.65. The van der Waals surface area contributed by atoms with E-state index in [0.29, 0.717) is 0 Å². The normalized spacial score (nSPS) is 14.4. The lowest BCUT2D eigenvalue weighted by atomic mass is 9.78. The van der Waals surface area contributed by atoms with Crippen molar-refractivity contribution in [1.29, 1.82) is 0 Å². The zero-order valence-electron chi connectivity index (χ0n) is 50.7. The largest absolute Gasteiger partial charge is 0.494 e. The predicted octanol–water partition coefficient (Wildman–Crippen LogP) is 20.4. The highest BCUT2D eigenvalue weighted by atomic mass is 16.7. The first-order chi connectivity index (χ1) is 43.6. The van der Waals surface area contributed by atoms with Crippen LogP contribution < -0.4 is 5.46 Å². The number of para-hydroxylation sites is 3. The number of aromatic nitrogens is 3. The molecule has 0 radical (unpaired) electrons. The number of nitrogens with zero attached hydrogens (tertiary/aromatic N) is 3. The third-order valence-corrected chi connectivity index (χ3v) is 18.4. The maximum absolute atomic E-state index is 6.33. The van der Waals surface area contributed by atoms with Crippen molar-refractivity contribution < 1.29 is 14.0 Å². The molecule has 0 saturated carbocycles. The maximum atomic E-state index is 6.33. The smallest absolute Gasteiger partial charge is 0.399 e. The topological polar surface area (TPSA) is 42.5 Å². The Bertz CT molecular complexity index is 5000. The van der Waals surface area contributed by atoms with Gasteiger partial charge in [-0.2, -0.15) is 0 Å². The van der Waals surface area contributed by atoms with Gasteiger partial charge in [0.15, 0.2) is 0 Å². The van der Waals surface area contributed by atoms with Crippen LogP contribution in [0.5, 0.6) is 0 Å². The minimum Gasteiger partial charge on any atom is -0.399 e. The molecule has 89 heavy (non-hydrogen) atoms. The fourth-order valence-electron chi connectivity index (χ4n) is 13.1. The van der Waals surface area contributed by atoms with Gasteiger partial charge in [0.05, 0.1) is 44.3 Å². The second-order valence-corrected chi connectivity index (χ2v) is 24.4. The lowest BCUT2D eigenvalue weighted by Crippen LogP contribution is -2.41. The van der Waals surface area contributed by atoms with Crippen LogP contribution >= 0.6 is 0 Å². The first kappa shape index (κ1) is 55.6. The van der Waals surface area contributed by atoms with Gasteiger partial charge in [-0.1, -0.05) is 200 Å². The molecule has 17 rings (SSSR count). The number of hydrogen-bond acceptors (Lipinski definition) is 3. The van der Waals surface area contributed by atoms with Gasteiger partial charge in [0.1, 0.15) is 0 Å². The Kier molecular flexibility index (Phi) is 14.5. The predicted molar refractivity (Wildman–Crippen MR) is 373 cm³/mol. The fraction of sp³-hybridized carbons (Fsp3) is 0.122. The Morgan fingerprint density at radius 1 is 0.270 bits per heavy atom. The maximum Gasteiger partial charge on any atom is 0.494 e. The molecule has 5 heterocycles. The van der Waals surface area contributed by atoms with Crippen LogP contribution in [0.25, 0.3) is 127 Å². The van der Waals surface area contributed by atoms with Gasteiger partial charge in [-0.3, -0.25) is 0 Å². The summed E-state index contributed by atoms with van der Waals surface area (Å²) in [6.45, 7) is 10.4. The summed E-state index contributed by atoms with van der Waals surface area (Å²) in [4.78, 5) is 0. The summed E-state index contributed by atoms with van der Waals surface area (Å²) in [7, 11) is -0.373. The van der Waals surface area contributed by atoms with E-state index in [0.717, 1.165) is 30.1 Å². The third kappa shape index (κ3) is 10.4. The van der Waals surface area contributed by atoms with E-state index in [-0.39, 0.29) is 18.3 Å². The van der Waals surface area contributed by atoms with Crippen molar-refractivity contribution in [2.24, 2.45) is 0 Å². The number of benzene rings is 12. The Morgan fingerprint density at radius 2 is 0.562 bits per heavy atom. The van der Waals surface area contributed by atoms with Gasteiger partial charge in [0.2, 0.25) is 0 Å². The van der Waals surface area contributed by atoms with E-state index in [1.165, 1.54) is 128 Å². The molecule has 0 bridgehead atoms. The second-order valence-electron chi connectivity index (χ2n) is 24.4. The second kappa shape index (κ2) is 23.3. The van der Waals surface area contributed by atoms with Crippen molar-refractivity contribution in [3.63, 3.8) is 0 Å². The molecule has 0 amide bonds. The summed E-state index contributed by atoms with van der Waals surface area (Å²) in [5.74, 6) is 0. The number of fused-ring (bicyclic) bond motifs is 9. The Morgan fingerprint density at radius 3 is 0.966 bits per heavy atom. The van der Waals surface area contributed by atoms with Crippen LogP contribution in [0.1, 0.15) is 40.5 Å². The summed E-state index contributed by atoms with van der Waals surface area (Å²) >= 11 is 0. The number of ether oxygens (including phenoxy) is 1. The summed E-state index contributed by atoms with van der Waals surface area (Å²) in [6, 6.07) is 105. The molecule has 15 aromatic rings. The van der Waals surface area contributed by atoms with E-state index < -0.39 is 0 Å². The quantitative estimate of drug-likeness (QED) is 0.142. The Balaban J connectivity index is 0.000000147. The molecule has 0 unspecified atom stereocenters. The van der Waals surface area contributed by atoms with E-state index in [4.69, 9.17) is 14.0 Å². The molecule has 0 atom stereocenters. The van der Waals surface area contributed by atoms with Crippen molar-refractivity contribution >= 4 is 78.0 Å². The summed E-state index contributed by atoms with van der Waals surface area (Å²) in [6.07, 6.45) is 2.56. The Hall–Kier alpha value is -10.0. The molecule has 0 N–H and O–H groups in total. The highest BCUT2D eigenvalue weighted by Crippen LogP contribution is 2.42. The standard InChI is InChI=1S/C48H32N2.C30H28BNO2.C4H8O/c1-4-12-33(13-5-1)35-20-25-40(26-21-35)50-45-19-11-10-18-41(45)42-31-37(23-28-46(42)50)38-24-29-48-44(32-38)43-30-36(34-14-6-2-7-15-34)22-27-47(43)49(48)39-16-8-3-9-17-39;1-29(2)30(3,4)34-31(33-29)23-16-19-28-26(20-23)25-12-8-9-13-27(25)32(28)24-17-14-22(15-18-24)21-10-6-5-7-11-21;1-2-4-5-3-1/h1-32H;5-20H,1-4H3;1-4H2. The van der Waals surface area contributed by atoms with Crippen LogP contribution in [0, 0.1) is 0 Å². The highest BCUT2D eigenvalue weighted by molar-refractivity contribution is 6.62. The van der Waals surface area contributed by atoms with E-state index in [1.807, 2.05) is 6.07 Å². The minimum atomic E-state index is -0.373. The van der Waals surface area contributed by atoms with Gasteiger partial charge in [0, 0.05) is 62.6 Å². The lowest BCUT2D eigenvalue weighted by Gasteiger charge is -2.32. The Labute approximate surface area is 520 Å². The van der Waals surface area contributed by atoms with E-state index >= 15 is 0 Å². The van der Waals surface area contributed by atoms with Crippen molar-refractivity contribution in [2.45, 2.75) is 51.7 Å². The van der Waals surface area contributed by atoms with Crippen molar-refractivity contribution in [1.82, 2.24) is 13.7 Å². The molecule has 2 fully saturated rings. The first-order valence-electron chi connectivity index (χ1n) is 31.2. The molecule has 2 aliphatic heterocycles. The fourth-order valence-corrected chi connectivity index (χ4v) is 13.1. The van der Waals surface area contributed by atoms with Gasteiger partial charge in [-0.05, 0) is 182 Å². The van der Waals surface area contributed by atoms with Gasteiger partial charge in [-0.15, -0.1) is 0 Å². The minimum absolute atomic E-state index is 0.360. The highest BCUT2D eigenvalue weighted by Gasteiger charge is 2.51.